The Morgan fingerprint density at radius 3 is 2.27 bits per heavy atom. The van der Waals surface area contributed by atoms with Crippen LogP contribution in [-0.2, 0) is 14.8 Å². The first-order valence-corrected chi connectivity index (χ1v) is 11.5. The van der Waals surface area contributed by atoms with Crippen molar-refractivity contribution >= 4 is 38.9 Å². The average Bonchev–Trinajstić information content (AvgIpc) is 3.28. The predicted molar refractivity (Wildman–Crippen MR) is 117 cm³/mol. The smallest absolute Gasteiger partial charge is 0.273 e. The van der Waals surface area contributed by atoms with Gasteiger partial charge in [-0.2, -0.15) is 0 Å². The van der Waals surface area contributed by atoms with E-state index in [1.807, 2.05) is 6.92 Å². The van der Waals surface area contributed by atoms with Gasteiger partial charge in [0, 0.05) is 13.0 Å². The Kier molecular flexibility index (Phi) is 6.86. The van der Waals surface area contributed by atoms with Gasteiger partial charge in [0.1, 0.15) is 0 Å². The van der Waals surface area contributed by atoms with E-state index in [1.54, 1.807) is 72.1 Å². The third kappa shape index (κ3) is 5.25. The summed E-state index contributed by atoms with van der Waals surface area (Å²) in [6.07, 6.45) is -0.134. The van der Waals surface area contributed by atoms with Gasteiger partial charge in [0.25, 0.3) is 15.9 Å². The molecule has 2 N–H and O–H groups in total. The van der Waals surface area contributed by atoms with Gasteiger partial charge >= 0.3 is 0 Å². The Labute approximate surface area is 179 Å². The Bertz CT molecular complexity index is 1100. The molecule has 7 nitrogen and oxygen atoms in total. The number of para-hydroxylation sites is 1. The normalized spacial score (nSPS) is 11.0. The first-order valence-electron chi connectivity index (χ1n) is 9.15. The minimum atomic E-state index is -3.87. The van der Waals surface area contributed by atoms with Crippen LogP contribution in [0.25, 0.3) is 0 Å². The molecule has 30 heavy (non-hydrogen) atoms. The number of hydrogen-bond acceptors (Lipinski definition) is 5. The standard InChI is InChI=1S/C21H21N3O4S2/c1-16-9-11-18(12-10-16)30(27,28)24(17-6-3-2-4-7-17)14-13-20(25)22-23-21(26)19-8-5-15-29-19/h2-12,15H,13-14H2,1H3,(H,22,25)(H,23,26). The van der Waals surface area contributed by atoms with E-state index >= 15 is 0 Å². The Balaban J connectivity index is 1.71. The molecule has 9 heteroatoms. The first kappa shape index (κ1) is 21.5. The molecule has 0 radical (unpaired) electrons. The van der Waals surface area contributed by atoms with Crippen LogP contribution >= 0.6 is 11.3 Å². The largest absolute Gasteiger partial charge is 0.279 e. The molecule has 2 amide bonds. The van der Waals surface area contributed by atoms with Gasteiger partial charge in [0.05, 0.1) is 15.5 Å². The molecule has 2 aromatic carbocycles. The van der Waals surface area contributed by atoms with Crippen LogP contribution in [0.5, 0.6) is 0 Å². The van der Waals surface area contributed by atoms with Crippen molar-refractivity contribution < 1.29 is 18.0 Å². The number of thiophene rings is 1. The molecule has 0 spiro atoms. The van der Waals surface area contributed by atoms with Crippen LogP contribution in [0.15, 0.2) is 77.0 Å². The number of hydrazine groups is 1. The van der Waals surface area contributed by atoms with E-state index in [1.165, 1.54) is 15.6 Å². The summed E-state index contributed by atoms with van der Waals surface area (Å²) in [5, 5.41) is 1.75. The second-order valence-electron chi connectivity index (χ2n) is 6.46. The lowest BCUT2D eigenvalue weighted by atomic mass is 10.2. The average molecular weight is 444 g/mol. The van der Waals surface area contributed by atoms with Crippen molar-refractivity contribution in [3.63, 3.8) is 0 Å². The molecular weight excluding hydrogens is 422 g/mol. The number of benzene rings is 2. The molecule has 1 aromatic heterocycles. The Morgan fingerprint density at radius 1 is 0.933 bits per heavy atom. The second kappa shape index (κ2) is 9.55. The van der Waals surface area contributed by atoms with Crippen molar-refractivity contribution in [2.45, 2.75) is 18.2 Å². The van der Waals surface area contributed by atoms with Gasteiger partial charge in [-0.25, -0.2) is 8.42 Å². The van der Waals surface area contributed by atoms with Gasteiger partial charge in [-0.3, -0.25) is 24.7 Å². The summed E-state index contributed by atoms with van der Waals surface area (Å²) in [6, 6.07) is 18.5. The summed E-state index contributed by atoms with van der Waals surface area (Å²) >= 11 is 1.25. The van der Waals surface area contributed by atoms with Gasteiger partial charge in [-0.05, 0) is 42.6 Å². The molecule has 0 aliphatic heterocycles. The Morgan fingerprint density at radius 2 is 1.63 bits per heavy atom. The summed E-state index contributed by atoms with van der Waals surface area (Å²) < 4.78 is 27.6. The molecule has 3 rings (SSSR count). The van der Waals surface area contributed by atoms with E-state index in [0.717, 1.165) is 5.56 Å². The zero-order valence-corrected chi connectivity index (χ0v) is 17.9. The van der Waals surface area contributed by atoms with Gasteiger partial charge in [-0.1, -0.05) is 42.0 Å². The van der Waals surface area contributed by atoms with Gasteiger partial charge in [0.15, 0.2) is 0 Å². The molecule has 0 fully saturated rings. The fourth-order valence-corrected chi connectivity index (χ4v) is 4.77. The van der Waals surface area contributed by atoms with Crippen molar-refractivity contribution in [2.75, 3.05) is 10.8 Å². The monoisotopic (exact) mass is 443 g/mol. The van der Waals surface area contributed by atoms with E-state index in [2.05, 4.69) is 10.9 Å². The van der Waals surface area contributed by atoms with Crippen LogP contribution in [0.1, 0.15) is 21.7 Å². The number of carbonyl (C=O) groups excluding carboxylic acids is 2. The number of nitrogens with one attached hydrogen (secondary N) is 2. The quantitative estimate of drug-likeness (QED) is 0.549. The zero-order chi connectivity index (χ0) is 21.6. The zero-order valence-electron chi connectivity index (χ0n) is 16.2. The molecule has 0 bridgehead atoms. The maximum Gasteiger partial charge on any atom is 0.279 e. The highest BCUT2D eigenvalue weighted by atomic mass is 32.2. The summed E-state index contributed by atoms with van der Waals surface area (Å²) in [6.45, 7) is 1.79. The van der Waals surface area contributed by atoms with Crippen molar-refractivity contribution in [2.24, 2.45) is 0 Å². The fraction of sp³-hybridized carbons (Fsp3) is 0.143. The molecule has 156 valence electrons. The lowest BCUT2D eigenvalue weighted by Gasteiger charge is -2.24. The van der Waals surface area contributed by atoms with Crippen molar-refractivity contribution in [1.29, 1.82) is 0 Å². The first-order chi connectivity index (χ1) is 14.4. The number of anilines is 1. The van der Waals surface area contributed by atoms with E-state index < -0.39 is 21.8 Å². The SMILES string of the molecule is Cc1ccc(S(=O)(=O)N(CCC(=O)NNC(=O)c2cccs2)c2ccccc2)cc1. The number of amides is 2. The Hall–Kier alpha value is -3.17. The van der Waals surface area contributed by atoms with E-state index in [0.29, 0.717) is 10.6 Å². The number of rotatable bonds is 7. The van der Waals surface area contributed by atoms with Crippen molar-refractivity contribution in [1.82, 2.24) is 10.9 Å². The predicted octanol–water partition coefficient (Wildman–Crippen LogP) is 3.10. The molecule has 0 atom stereocenters. The lowest BCUT2D eigenvalue weighted by Crippen LogP contribution is -2.43. The molecule has 0 aliphatic rings. The third-order valence-corrected chi connectivity index (χ3v) is 6.97. The molecule has 0 saturated heterocycles. The number of carbonyl (C=O) groups is 2. The van der Waals surface area contributed by atoms with Crippen LogP contribution in [0.2, 0.25) is 0 Å². The molecular formula is C21H21N3O4S2. The molecule has 0 aliphatic carbocycles. The van der Waals surface area contributed by atoms with E-state index in [9.17, 15) is 18.0 Å². The summed E-state index contributed by atoms with van der Waals surface area (Å²) in [4.78, 5) is 24.7. The van der Waals surface area contributed by atoms with Crippen molar-refractivity contribution in [3.8, 4) is 0 Å². The highest BCUT2D eigenvalue weighted by Crippen LogP contribution is 2.24. The summed E-state index contributed by atoms with van der Waals surface area (Å²) in [7, 11) is -3.87. The van der Waals surface area contributed by atoms with E-state index in [4.69, 9.17) is 0 Å². The third-order valence-electron chi connectivity index (χ3n) is 4.26. The number of aryl methyl sites for hydroxylation is 1. The minimum absolute atomic E-state index is 0.0824. The summed E-state index contributed by atoms with van der Waals surface area (Å²) in [5.41, 5.74) is 6.05. The fourth-order valence-electron chi connectivity index (χ4n) is 2.68. The second-order valence-corrected chi connectivity index (χ2v) is 9.27. The lowest BCUT2D eigenvalue weighted by molar-refractivity contribution is -0.121. The van der Waals surface area contributed by atoms with Gasteiger partial charge in [0.2, 0.25) is 5.91 Å². The van der Waals surface area contributed by atoms with Gasteiger partial charge < -0.3 is 0 Å². The van der Waals surface area contributed by atoms with E-state index in [-0.39, 0.29) is 17.9 Å². The van der Waals surface area contributed by atoms with Gasteiger partial charge in [-0.15, -0.1) is 11.3 Å². The number of hydrogen-bond donors (Lipinski definition) is 2. The number of nitrogens with zero attached hydrogens (tertiary/aromatic N) is 1. The molecule has 0 saturated carbocycles. The molecule has 0 unspecified atom stereocenters. The van der Waals surface area contributed by atoms with Crippen LogP contribution in [-0.4, -0.2) is 26.8 Å². The molecule has 3 aromatic rings. The number of sulfonamides is 1. The highest BCUT2D eigenvalue weighted by Gasteiger charge is 2.25. The maximum absolute atomic E-state index is 13.2. The van der Waals surface area contributed by atoms with Crippen LogP contribution in [0.3, 0.4) is 0 Å². The minimum Gasteiger partial charge on any atom is -0.273 e. The van der Waals surface area contributed by atoms with Crippen LogP contribution in [0, 0.1) is 6.92 Å². The highest BCUT2D eigenvalue weighted by molar-refractivity contribution is 7.92. The molecule has 1 heterocycles. The van der Waals surface area contributed by atoms with Crippen molar-refractivity contribution in [3.05, 3.63) is 82.6 Å². The summed E-state index contributed by atoms with van der Waals surface area (Å²) in [5.74, 6) is -0.925. The maximum atomic E-state index is 13.2. The van der Waals surface area contributed by atoms with Crippen LogP contribution in [0.4, 0.5) is 5.69 Å². The topological polar surface area (TPSA) is 95.6 Å². The van der Waals surface area contributed by atoms with Crippen LogP contribution < -0.4 is 15.2 Å².